The number of rotatable bonds is 3. The van der Waals surface area contributed by atoms with Gasteiger partial charge in [0.05, 0.1) is 10.5 Å². The van der Waals surface area contributed by atoms with Gasteiger partial charge in [-0.1, -0.05) is 19.8 Å². The summed E-state index contributed by atoms with van der Waals surface area (Å²) in [7, 11) is 3.90. The molecule has 21 heavy (non-hydrogen) atoms. The van der Waals surface area contributed by atoms with Gasteiger partial charge >= 0.3 is 0 Å². The smallest absolute Gasteiger partial charge is 0.145 e. The Balaban J connectivity index is 2.49. The zero-order valence-corrected chi connectivity index (χ0v) is 14.4. The lowest BCUT2D eigenvalue weighted by atomic mass is 9.69. The van der Waals surface area contributed by atoms with Crippen molar-refractivity contribution in [3.05, 3.63) is 33.8 Å². The third kappa shape index (κ3) is 3.01. The lowest BCUT2D eigenvalue weighted by molar-refractivity contribution is 0.0476. The van der Waals surface area contributed by atoms with Crippen LogP contribution in [0.3, 0.4) is 0 Å². The van der Waals surface area contributed by atoms with E-state index in [1.54, 1.807) is 0 Å². The Hall–Kier alpha value is -0.520. The van der Waals surface area contributed by atoms with Gasteiger partial charge in [0, 0.05) is 11.1 Å². The summed E-state index contributed by atoms with van der Waals surface area (Å²) in [5.74, 6) is -0.643. The Morgan fingerprint density at radius 1 is 1.38 bits per heavy atom. The molecular weight excluding hydrogens is 338 g/mol. The van der Waals surface area contributed by atoms with E-state index >= 15 is 0 Å². The van der Waals surface area contributed by atoms with Gasteiger partial charge in [0.15, 0.2) is 0 Å². The molecular formula is C16H23BrF2N2. The summed E-state index contributed by atoms with van der Waals surface area (Å²) in [6.07, 6.45) is 3.89. The van der Waals surface area contributed by atoms with Crippen LogP contribution in [0.25, 0.3) is 0 Å². The van der Waals surface area contributed by atoms with E-state index in [2.05, 4.69) is 22.9 Å². The Bertz CT molecular complexity index is 521. The molecule has 2 nitrogen and oxygen atoms in total. The zero-order chi connectivity index (χ0) is 15.8. The van der Waals surface area contributed by atoms with E-state index in [1.165, 1.54) is 12.1 Å². The highest BCUT2D eigenvalue weighted by Crippen LogP contribution is 2.44. The molecule has 2 rings (SSSR count). The predicted octanol–water partition coefficient (Wildman–Crippen LogP) is 4.24. The molecule has 118 valence electrons. The number of benzene rings is 1. The number of hydrogen-bond acceptors (Lipinski definition) is 2. The highest BCUT2D eigenvalue weighted by molar-refractivity contribution is 9.10. The number of nitrogens with two attached hydrogens (primary N) is 1. The second-order valence-corrected chi connectivity index (χ2v) is 7.29. The molecule has 3 atom stereocenters. The van der Waals surface area contributed by atoms with Crippen LogP contribution in [-0.4, -0.2) is 24.5 Å². The first-order chi connectivity index (χ1) is 9.79. The van der Waals surface area contributed by atoms with Crippen LogP contribution in [0.15, 0.2) is 16.6 Å². The molecule has 0 saturated heterocycles. The molecule has 1 aromatic rings. The molecule has 0 aromatic heterocycles. The third-order valence-electron chi connectivity index (χ3n) is 4.87. The summed E-state index contributed by atoms with van der Waals surface area (Å²) >= 11 is 3.13. The Morgan fingerprint density at radius 3 is 2.62 bits per heavy atom. The van der Waals surface area contributed by atoms with Crippen LogP contribution in [0.2, 0.25) is 0 Å². The second kappa shape index (κ2) is 6.31. The van der Waals surface area contributed by atoms with Crippen LogP contribution >= 0.6 is 15.9 Å². The zero-order valence-electron chi connectivity index (χ0n) is 12.8. The second-order valence-electron chi connectivity index (χ2n) is 6.43. The molecule has 0 spiro atoms. The molecule has 1 saturated carbocycles. The average Bonchev–Trinajstić information content (AvgIpc) is 2.43. The Kier molecular flexibility index (Phi) is 5.06. The van der Waals surface area contributed by atoms with Crippen molar-refractivity contribution >= 4 is 15.9 Å². The summed E-state index contributed by atoms with van der Waals surface area (Å²) in [6, 6.07) is 1.97. The van der Waals surface area contributed by atoms with E-state index in [4.69, 9.17) is 5.73 Å². The molecule has 2 N–H and O–H groups in total. The van der Waals surface area contributed by atoms with Crippen molar-refractivity contribution in [2.24, 2.45) is 11.7 Å². The van der Waals surface area contributed by atoms with E-state index in [1.807, 2.05) is 19.0 Å². The molecule has 0 amide bonds. The number of halogens is 3. The van der Waals surface area contributed by atoms with Gasteiger partial charge in [-0.3, -0.25) is 0 Å². The van der Waals surface area contributed by atoms with Gasteiger partial charge in [0.1, 0.15) is 11.6 Å². The molecule has 1 fully saturated rings. The van der Waals surface area contributed by atoms with Crippen LogP contribution < -0.4 is 5.73 Å². The molecule has 3 unspecified atom stereocenters. The fourth-order valence-corrected chi connectivity index (χ4v) is 3.97. The minimum atomic E-state index is -0.687. The largest absolute Gasteiger partial charge is 0.322 e. The van der Waals surface area contributed by atoms with Crippen molar-refractivity contribution in [2.45, 2.75) is 44.2 Å². The lowest BCUT2D eigenvalue weighted by Gasteiger charge is -2.49. The van der Waals surface area contributed by atoms with Crippen molar-refractivity contribution in [2.75, 3.05) is 14.1 Å². The van der Waals surface area contributed by atoms with Crippen LogP contribution in [0.5, 0.6) is 0 Å². The van der Waals surface area contributed by atoms with E-state index in [-0.39, 0.29) is 10.0 Å². The predicted molar refractivity (Wildman–Crippen MR) is 85.0 cm³/mol. The summed E-state index contributed by atoms with van der Waals surface area (Å²) in [6.45, 7) is 2.18. The van der Waals surface area contributed by atoms with E-state index in [0.717, 1.165) is 25.7 Å². The van der Waals surface area contributed by atoms with E-state index in [9.17, 15) is 8.78 Å². The minimum Gasteiger partial charge on any atom is -0.322 e. The molecule has 1 aliphatic carbocycles. The maximum Gasteiger partial charge on any atom is 0.145 e. The summed E-state index contributed by atoms with van der Waals surface area (Å²) in [5.41, 5.74) is 5.99. The number of nitrogens with zero attached hydrogens (tertiary/aromatic N) is 1. The monoisotopic (exact) mass is 360 g/mol. The Morgan fingerprint density at radius 2 is 2.05 bits per heavy atom. The third-order valence-corrected chi connectivity index (χ3v) is 5.48. The quantitative estimate of drug-likeness (QED) is 0.816. The SMILES string of the molecule is CC1CCCC(C(N)c2c(F)ccc(Br)c2F)(N(C)C)C1. The van der Waals surface area contributed by atoms with Gasteiger partial charge in [0.25, 0.3) is 0 Å². The van der Waals surface area contributed by atoms with Crippen molar-refractivity contribution in [1.82, 2.24) is 4.90 Å². The van der Waals surface area contributed by atoms with E-state index in [0.29, 0.717) is 5.92 Å². The maximum atomic E-state index is 14.4. The van der Waals surface area contributed by atoms with Gasteiger partial charge in [-0.2, -0.15) is 0 Å². The molecule has 0 heterocycles. The molecule has 0 aliphatic heterocycles. The fraction of sp³-hybridized carbons (Fsp3) is 0.625. The first-order valence-electron chi connectivity index (χ1n) is 7.36. The highest BCUT2D eigenvalue weighted by atomic mass is 79.9. The first kappa shape index (κ1) is 16.8. The molecule has 0 radical (unpaired) electrons. The van der Waals surface area contributed by atoms with Crippen LogP contribution in [0.4, 0.5) is 8.78 Å². The maximum absolute atomic E-state index is 14.4. The molecule has 5 heteroatoms. The van der Waals surface area contributed by atoms with Crippen LogP contribution in [0, 0.1) is 17.6 Å². The molecule has 0 bridgehead atoms. The van der Waals surface area contributed by atoms with Crippen molar-refractivity contribution < 1.29 is 8.78 Å². The summed E-state index contributed by atoms with van der Waals surface area (Å²) in [4.78, 5) is 2.05. The van der Waals surface area contributed by atoms with Gasteiger partial charge in [0.2, 0.25) is 0 Å². The summed E-state index contributed by atoms with van der Waals surface area (Å²) < 4.78 is 28.9. The highest BCUT2D eigenvalue weighted by Gasteiger charge is 2.44. The van der Waals surface area contributed by atoms with Crippen molar-refractivity contribution in [1.29, 1.82) is 0 Å². The standard InChI is InChI=1S/C16H23BrF2N2/c1-10-5-4-8-16(9-10,21(2)3)15(20)13-12(18)7-6-11(17)14(13)19/h6-7,10,15H,4-5,8-9,20H2,1-3H3. The van der Waals surface area contributed by atoms with Crippen LogP contribution in [0.1, 0.15) is 44.2 Å². The Labute approximate surface area is 133 Å². The fourth-order valence-electron chi connectivity index (χ4n) is 3.63. The normalized spacial score (nSPS) is 27.9. The van der Waals surface area contributed by atoms with E-state index < -0.39 is 23.2 Å². The van der Waals surface area contributed by atoms with Crippen LogP contribution in [-0.2, 0) is 0 Å². The van der Waals surface area contributed by atoms with Crippen molar-refractivity contribution in [3.8, 4) is 0 Å². The minimum absolute atomic E-state index is 0.00725. The number of hydrogen-bond donors (Lipinski definition) is 1. The molecule has 1 aliphatic rings. The van der Waals surface area contributed by atoms with Gasteiger partial charge < -0.3 is 10.6 Å². The topological polar surface area (TPSA) is 29.3 Å². The lowest BCUT2D eigenvalue weighted by Crippen LogP contribution is -2.55. The number of likely N-dealkylation sites (N-methyl/N-ethyl adjacent to an activating group) is 1. The molecule has 1 aromatic carbocycles. The van der Waals surface area contributed by atoms with Gasteiger partial charge in [-0.15, -0.1) is 0 Å². The first-order valence-corrected chi connectivity index (χ1v) is 8.15. The van der Waals surface area contributed by atoms with Gasteiger partial charge in [-0.05, 0) is 60.9 Å². The van der Waals surface area contributed by atoms with Gasteiger partial charge in [-0.25, -0.2) is 8.78 Å². The average molecular weight is 361 g/mol. The van der Waals surface area contributed by atoms with Crippen molar-refractivity contribution in [3.63, 3.8) is 0 Å². The summed E-state index contributed by atoms with van der Waals surface area (Å²) in [5, 5.41) is 0.